The fraction of sp³-hybridized carbons (Fsp3) is 0.533. The Bertz CT molecular complexity index is 394. The summed E-state index contributed by atoms with van der Waals surface area (Å²) >= 11 is 0. The molecule has 0 saturated heterocycles. The van der Waals surface area contributed by atoms with Gasteiger partial charge in [-0.25, -0.2) is 0 Å². The van der Waals surface area contributed by atoms with Crippen molar-refractivity contribution in [3.8, 4) is 0 Å². The second kappa shape index (κ2) is 5.46. The maximum absolute atomic E-state index is 12.1. The zero-order valence-corrected chi connectivity index (χ0v) is 10.5. The van der Waals surface area contributed by atoms with E-state index in [-0.39, 0.29) is 17.7 Å². The Morgan fingerprint density at radius 3 is 2.65 bits per heavy atom. The molecule has 1 aliphatic carbocycles. The van der Waals surface area contributed by atoms with E-state index in [9.17, 15) is 4.79 Å². The van der Waals surface area contributed by atoms with Crippen molar-refractivity contribution in [2.24, 2.45) is 11.7 Å². The molecule has 1 fully saturated rings. The summed E-state index contributed by atoms with van der Waals surface area (Å²) in [6, 6.07) is 7.84. The van der Waals surface area contributed by atoms with Crippen LogP contribution in [-0.2, 0) is 11.2 Å². The fourth-order valence-corrected chi connectivity index (χ4v) is 2.69. The third kappa shape index (κ3) is 2.95. The summed E-state index contributed by atoms with van der Waals surface area (Å²) in [6.45, 7) is 2.07. The lowest BCUT2D eigenvalue weighted by molar-refractivity contribution is -0.123. The molecule has 0 bridgehead atoms. The molecule has 0 amide bonds. The van der Waals surface area contributed by atoms with Crippen LogP contribution in [0.1, 0.15) is 36.8 Å². The number of benzene rings is 1. The van der Waals surface area contributed by atoms with Crippen molar-refractivity contribution in [1.82, 2.24) is 0 Å². The molecule has 92 valence electrons. The van der Waals surface area contributed by atoms with Crippen molar-refractivity contribution in [3.05, 3.63) is 35.4 Å². The van der Waals surface area contributed by atoms with Crippen molar-refractivity contribution in [3.63, 3.8) is 0 Å². The van der Waals surface area contributed by atoms with Crippen molar-refractivity contribution in [1.29, 1.82) is 0 Å². The summed E-state index contributed by atoms with van der Waals surface area (Å²) in [5, 5.41) is 0. The van der Waals surface area contributed by atoms with Gasteiger partial charge in [0, 0.05) is 5.92 Å². The molecular weight excluding hydrogens is 210 g/mol. The average Bonchev–Trinajstić information content (AvgIpc) is 2.84. The molecule has 1 unspecified atom stereocenters. The minimum atomic E-state index is -0.320. The van der Waals surface area contributed by atoms with E-state index in [4.69, 9.17) is 5.73 Å². The molecule has 2 nitrogen and oxygen atoms in total. The van der Waals surface area contributed by atoms with Crippen LogP contribution in [0.3, 0.4) is 0 Å². The number of carbonyl (C=O) groups is 1. The Morgan fingerprint density at radius 1 is 1.35 bits per heavy atom. The average molecular weight is 231 g/mol. The molecule has 1 aromatic carbocycles. The number of aryl methyl sites for hydroxylation is 1. The SMILES string of the molecule is Cc1ccccc1CC(N)C(=O)C1CCCC1. The highest BCUT2D eigenvalue weighted by Gasteiger charge is 2.27. The molecule has 2 heteroatoms. The van der Waals surface area contributed by atoms with E-state index in [0.717, 1.165) is 12.8 Å². The quantitative estimate of drug-likeness (QED) is 0.865. The van der Waals surface area contributed by atoms with Gasteiger partial charge in [-0.2, -0.15) is 0 Å². The minimum Gasteiger partial charge on any atom is -0.321 e. The molecule has 0 radical (unpaired) electrons. The highest BCUT2D eigenvalue weighted by Crippen LogP contribution is 2.26. The monoisotopic (exact) mass is 231 g/mol. The zero-order valence-electron chi connectivity index (χ0n) is 10.5. The van der Waals surface area contributed by atoms with Gasteiger partial charge in [0.15, 0.2) is 5.78 Å². The summed E-state index contributed by atoms with van der Waals surface area (Å²) in [4.78, 5) is 12.1. The highest BCUT2D eigenvalue weighted by atomic mass is 16.1. The van der Waals surface area contributed by atoms with Gasteiger partial charge in [-0.05, 0) is 37.3 Å². The molecule has 0 aliphatic heterocycles. The summed E-state index contributed by atoms with van der Waals surface area (Å²) in [6.07, 6.45) is 5.14. The lowest BCUT2D eigenvalue weighted by Crippen LogP contribution is -2.36. The van der Waals surface area contributed by atoms with Gasteiger partial charge in [-0.3, -0.25) is 4.79 Å². The maximum atomic E-state index is 12.1. The van der Waals surface area contributed by atoms with Gasteiger partial charge in [0.1, 0.15) is 0 Å². The Morgan fingerprint density at radius 2 is 2.00 bits per heavy atom. The van der Waals surface area contributed by atoms with Crippen LogP contribution in [0.15, 0.2) is 24.3 Å². The van der Waals surface area contributed by atoms with Gasteiger partial charge >= 0.3 is 0 Å². The van der Waals surface area contributed by atoms with Gasteiger partial charge in [0.25, 0.3) is 0 Å². The number of hydrogen-bond donors (Lipinski definition) is 1. The number of nitrogens with two attached hydrogens (primary N) is 1. The zero-order chi connectivity index (χ0) is 12.3. The molecular formula is C15H21NO. The van der Waals surface area contributed by atoms with Crippen molar-refractivity contribution in [2.75, 3.05) is 0 Å². The van der Waals surface area contributed by atoms with E-state index >= 15 is 0 Å². The summed E-state index contributed by atoms with van der Waals surface area (Å²) < 4.78 is 0. The minimum absolute atomic E-state index is 0.231. The molecule has 17 heavy (non-hydrogen) atoms. The second-order valence-corrected chi connectivity index (χ2v) is 5.12. The van der Waals surface area contributed by atoms with Gasteiger partial charge in [-0.1, -0.05) is 37.1 Å². The summed E-state index contributed by atoms with van der Waals surface area (Å²) in [5.74, 6) is 0.500. The van der Waals surface area contributed by atoms with E-state index in [1.165, 1.54) is 24.0 Å². The third-order valence-corrected chi connectivity index (χ3v) is 3.82. The fourth-order valence-electron chi connectivity index (χ4n) is 2.69. The molecule has 0 aromatic heterocycles. The topological polar surface area (TPSA) is 43.1 Å². The number of rotatable bonds is 4. The second-order valence-electron chi connectivity index (χ2n) is 5.12. The number of carbonyl (C=O) groups excluding carboxylic acids is 1. The summed E-state index contributed by atoms with van der Waals surface area (Å²) in [7, 11) is 0. The lowest BCUT2D eigenvalue weighted by Gasteiger charge is -2.16. The Hall–Kier alpha value is -1.15. The standard InChI is InChI=1S/C15H21NO/c1-11-6-2-3-9-13(11)10-14(16)15(17)12-7-4-5-8-12/h2-3,6,9,12,14H,4-5,7-8,10,16H2,1H3. The van der Waals surface area contributed by atoms with E-state index in [0.29, 0.717) is 6.42 Å². The predicted octanol–water partition coefficient (Wildman–Crippen LogP) is 2.62. The highest BCUT2D eigenvalue weighted by molar-refractivity contribution is 5.86. The number of hydrogen-bond acceptors (Lipinski definition) is 2. The van der Waals surface area contributed by atoms with Gasteiger partial charge in [0.05, 0.1) is 6.04 Å². The number of Topliss-reactive ketones (excluding diaryl/α,β-unsaturated/α-hetero) is 1. The first-order valence-electron chi connectivity index (χ1n) is 6.52. The third-order valence-electron chi connectivity index (χ3n) is 3.82. The van der Waals surface area contributed by atoms with Gasteiger partial charge < -0.3 is 5.73 Å². The van der Waals surface area contributed by atoms with E-state index in [2.05, 4.69) is 19.1 Å². The first-order valence-corrected chi connectivity index (χ1v) is 6.52. The molecule has 2 rings (SSSR count). The maximum Gasteiger partial charge on any atom is 0.152 e. The predicted molar refractivity (Wildman–Crippen MR) is 69.8 cm³/mol. The van der Waals surface area contributed by atoms with Crippen molar-refractivity contribution < 1.29 is 4.79 Å². The Kier molecular flexibility index (Phi) is 3.95. The van der Waals surface area contributed by atoms with Gasteiger partial charge in [0.2, 0.25) is 0 Å². The van der Waals surface area contributed by atoms with Crippen LogP contribution in [0.5, 0.6) is 0 Å². The van der Waals surface area contributed by atoms with Crippen LogP contribution in [-0.4, -0.2) is 11.8 Å². The largest absolute Gasteiger partial charge is 0.321 e. The molecule has 1 aliphatic rings. The molecule has 0 spiro atoms. The van der Waals surface area contributed by atoms with E-state index in [1.54, 1.807) is 0 Å². The van der Waals surface area contributed by atoms with Crippen molar-refractivity contribution >= 4 is 5.78 Å². The van der Waals surface area contributed by atoms with Crippen LogP contribution in [0.4, 0.5) is 0 Å². The first-order chi connectivity index (χ1) is 8.18. The first kappa shape index (κ1) is 12.3. The Balaban J connectivity index is 1.99. The van der Waals surface area contributed by atoms with Crippen LogP contribution >= 0.6 is 0 Å². The van der Waals surface area contributed by atoms with Crippen LogP contribution < -0.4 is 5.73 Å². The lowest BCUT2D eigenvalue weighted by atomic mass is 9.92. The van der Waals surface area contributed by atoms with E-state index < -0.39 is 0 Å². The number of ketones is 1. The molecule has 0 heterocycles. The van der Waals surface area contributed by atoms with E-state index in [1.807, 2.05) is 12.1 Å². The smallest absolute Gasteiger partial charge is 0.152 e. The summed E-state index contributed by atoms with van der Waals surface area (Å²) in [5.41, 5.74) is 8.47. The Labute approximate surface area is 103 Å². The molecule has 1 atom stereocenters. The molecule has 2 N–H and O–H groups in total. The molecule has 1 aromatic rings. The normalized spacial score (nSPS) is 18.2. The molecule has 1 saturated carbocycles. The van der Waals surface area contributed by atoms with Crippen molar-refractivity contribution in [2.45, 2.75) is 45.1 Å². The van der Waals surface area contributed by atoms with Crippen LogP contribution in [0.2, 0.25) is 0 Å². The van der Waals surface area contributed by atoms with Crippen LogP contribution in [0.25, 0.3) is 0 Å². The van der Waals surface area contributed by atoms with Crippen LogP contribution in [0, 0.1) is 12.8 Å². The van der Waals surface area contributed by atoms with Gasteiger partial charge in [-0.15, -0.1) is 0 Å².